The third-order valence-corrected chi connectivity index (χ3v) is 9.11. The summed E-state index contributed by atoms with van der Waals surface area (Å²) in [6, 6.07) is 38.3. The van der Waals surface area contributed by atoms with Gasteiger partial charge in [0.1, 0.15) is 23.4 Å². The van der Waals surface area contributed by atoms with Crippen molar-refractivity contribution in [1.29, 1.82) is 0 Å². The normalized spacial score (nSPS) is 16.6. The lowest BCUT2D eigenvalue weighted by molar-refractivity contribution is 0.0137. The summed E-state index contributed by atoms with van der Waals surface area (Å²) >= 11 is 0. The van der Waals surface area contributed by atoms with Gasteiger partial charge in [-0.3, -0.25) is 9.59 Å². The first kappa shape index (κ1) is 33.5. The molecule has 1 aliphatic heterocycles. The Morgan fingerprint density at radius 1 is 0.816 bits per heavy atom. The molecule has 0 bridgehead atoms. The fourth-order valence-electron chi connectivity index (χ4n) is 6.65. The number of ether oxygens (including phenoxy) is 2. The summed E-state index contributed by atoms with van der Waals surface area (Å²) in [5, 5.41) is 2.21. The van der Waals surface area contributed by atoms with Crippen LogP contribution in [-0.2, 0) is 4.74 Å². The third-order valence-electron chi connectivity index (χ3n) is 9.11. The van der Waals surface area contributed by atoms with Gasteiger partial charge in [0, 0.05) is 42.6 Å². The average Bonchev–Trinajstić information content (AvgIpc) is 3.54. The van der Waals surface area contributed by atoms with Crippen molar-refractivity contribution in [2.45, 2.75) is 45.3 Å². The molecule has 7 nitrogen and oxygen atoms in total. The van der Waals surface area contributed by atoms with Gasteiger partial charge >= 0.3 is 6.09 Å². The largest absolute Gasteiger partial charge is 0.457 e. The highest BCUT2D eigenvalue weighted by Gasteiger charge is 2.40. The quantitative estimate of drug-likeness (QED) is 0.148. The highest BCUT2D eigenvalue weighted by Crippen LogP contribution is 2.37. The lowest BCUT2D eigenvalue weighted by Crippen LogP contribution is -2.42. The van der Waals surface area contributed by atoms with Crippen molar-refractivity contribution < 1.29 is 23.9 Å². The second-order valence-corrected chi connectivity index (χ2v) is 13.7. The van der Waals surface area contributed by atoms with Gasteiger partial charge in [0.15, 0.2) is 0 Å². The van der Waals surface area contributed by atoms with Crippen LogP contribution < -0.4 is 4.74 Å². The van der Waals surface area contributed by atoms with Crippen molar-refractivity contribution in [3.63, 3.8) is 0 Å². The topological polar surface area (TPSA) is 76.2 Å². The van der Waals surface area contributed by atoms with Crippen LogP contribution in [0.4, 0.5) is 4.79 Å². The van der Waals surface area contributed by atoms with E-state index in [1.54, 1.807) is 48.5 Å². The van der Waals surface area contributed by atoms with Gasteiger partial charge in [-0.25, -0.2) is 4.79 Å². The molecule has 0 aromatic heterocycles. The zero-order chi connectivity index (χ0) is 34.5. The van der Waals surface area contributed by atoms with Crippen molar-refractivity contribution in [2.75, 3.05) is 19.6 Å². The maximum Gasteiger partial charge on any atom is 0.410 e. The maximum atomic E-state index is 14.0. The number of carbonyl (C=O) groups is 3. The van der Waals surface area contributed by atoms with E-state index in [0.717, 1.165) is 28.2 Å². The zero-order valence-corrected chi connectivity index (χ0v) is 28.4. The Kier molecular flexibility index (Phi) is 9.81. The van der Waals surface area contributed by atoms with Gasteiger partial charge in [-0.1, -0.05) is 72.8 Å². The summed E-state index contributed by atoms with van der Waals surface area (Å²) in [4.78, 5) is 42.6. The highest BCUT2D eigenvalue weighted by molar-refractivity contribution is 5.94. The van der Waals surface area contributed by atoms with Crippen molar-refractivity contribution in [2.24, 2.45) is 5.92 Å². The molecule has 2 amide bonds. The Morgan fingerprint density at radius 3 is 2.12 bits per heavy atom. The zero-order valence-electron chi connectivity index (χ0n) is 28.4. The molecule has 250 valence electrons. The van der Waals surface area contributed by atoms with Crippen LogP contribution >= 0.6 is 0 Å². The number of fused-ring (bicyclic) bond motifs is 1. The number of hydrogen-bond donors (Lipinski definition) is 0. The molecule has 0 N–H and O–H groups in total. The number of likely N-dealkylation sites (tertiary alicyclic amines) is 1. The fourth-order valence-corrected chi connectivity index (χ4v) is 6.65. The summed E-state index contributed by atoms with van der Waals surface area (Å²) in [5.41, 5.74) is 2.65. The second-order valence-electron chi connectivity index (χ2n) is 13.7. The van der Waals surface area contributed by atoms with Crippen molar-refractivity contribution in [1.82, 2.24) is 9.80 Å². The molecular weight excluding hydrogens is 612 g/mol. The Labute approximate surface area is 288 Å². The fraction of sp³-hybridized carbons (Fsp3) is 0.262. The Morgan fingerprint density at radius 2 is 1.45 bits per heavy atom. The second kappa shape index (κ2) is 14.4. The third kappa shape index (κ3) is 7.83. The minimum Gasteiger partial charge on any atom is -0.457 e. The van der Waals surface area contributed by atoms with Crippen LogP contribution in [-0.4, -0.2) is 53.3 Å². The first-order valence-corrected chi connectivity index (χ1v) is 16.7. The van der Waals surface area contributed by atoms with Gasteiger partial charge in [-0.05, 0) is 98.1 Å². The molecule has 0 aliphatic carbocycles. The molecule has 1 heterocycles. The predicted molar refractivity (Wildman–Crippen MR) is 192 cm³/mol. The van der Waals surface area contributed by atoms with E-state index in [2.05, 4.69) is 43.3 Å². The van der Waals surface area contributed by atoms with E-state index in [0.29, 0.717) is 42.3 Å². The maximum absolute atomic E-state index is 14.0. The first-order chi connectivity index (χ1) is 23.6. The minimum absolute atomic E-state index is 0.0201. The number of hydrogen-bond acceptors (Lipinski definition) is 5. The molecule has 5 aromatic carbocycles. The molecule has 6 rings (SSSR count). The van der Waals surface area contributed by atoms with Crippen LogP contribution in [0.25, 0.3) is 10.8 Å². The first-order valence-electron chi connectivity index (χ1n) is 16.7. The number of carbonyl (C=O) groups excluding carboxylic acids is 3. The van der Waals surface area contributed by atoms with E-state index in [-0.39, 0.29) is 29.9 Å². The Bertz CT molecular complexity index is 1910. The molecule has 1 aliphatic rings. The summed E-state index contributed by atoms with van der Waals surface area (Å²) < 4.78 is 11.9. The van der Waals surface area contributed by atoms with Crippen molar-refractivity contribution in [3.05, 3.63) is 144 Å². The number of amides is 2. The lowest BCUT2D eigenvalue weighted by atomic mass is 9.88. The van der Waals surface area contributed by atoms with Gasteiger partial charge in [-0.2, -0.15) is 0 Å². The summed E-state index contributed by atoms with van der Waals surface area (Å²) in [5.74, 6) is 1.11. The number of rotatable bonds is 9. The van der Waals surface area contributed by atoms with E-state index in [1.165, 1.54) is 0 Å². The number of benzene rings is 5. The van der Waals surface area contributed by atoms with Gasteiger partial charge in [0.2, 0.25) is 0 Å². The molecular formula is C42H42N2O5. The van der Waals surface area contributed by atoms with Crippen LogP contribution in [0.1, 0.15) is 71.5 Å². The van der Waals surface area contributed by atoms with Crippen LogP contribution in [0.15, 0.2) is 121 Å². The standard InChI is InChI=1S/C42H42N2O5/c1-29(37-16-10-14-31-13-8-9-15-38(31)37)44(41(47)49-42(2,3)4)26-34-25-43(27-39(34)32-11-6-5-7-12-32)40(46)33-19-23-36(24-20-33)48-35-21-17-30(28-45)18-22-35/h5-24,28-29,34,39H,25-27H2,1-4H3/t29-,34-,39-/m1/s1. The van der Waals surface area contributed by atoms with Crippen LogP contribution in [0.5, 0.6) is 11.5 Å². The van der Waals surface area contributed by atoms with E-state index in [4.69, 9.17) is 9.47 Å². The van der Waals surface area contributed by atoms with E-state index in [1.807, 2.05) is 67.0 Å². The molecule has 49 heavy (non-hydrogen) atoms. The monoisotopic (exact) mass is 654 g/mol. The smallest absolute Gasteiger partial charge is 0.410 e. The molecule has 0 radical (unpaired) electrons. The molecule has 0 unspecified atom stereocenters. The predicted octanol–water partition coefficient (Wildman–Crippen LogP) is 9.30. The van der Waals surface area contributed by atoms with Crippen LogP contribution in [0.3, 0.4) is 0 Å². The van der Waals surface area contributed by atoms with Crippen molar-refractivity contribution in [3.8, 4) is 11.5 Å². The van der Waals surface area contributed by atoms with Gasteiger partial charge in [0.05, 0.1) is 6.04 Å². The Hall–Kier alpha value is -5.43. The Balaban J connectivity index is 1.26. The summed E-state index contributed by atoms with van der Waals surface area (Å²) in [6.45, 7) is 9.14. The number of nitrogens with zero attached hydrogens (tertiary/aromatic N) is 2. The van der Waals surface area contributed by atoms with Crippen LogP contribution in [0.2, 0.25) is 0 Å². The lowest BCUT2D eigenvalue weighted by Gasteiger charge is -2.35. The number of aldehydes is 1. The molecule has 0 saturated carbocycles. The molecule has 3 atom stereocenters. The summed E-state index contributed by atoms with van der Waals surface area (Å²) in [7, 11) is 0. The van der Waals surface area contributed by atoms with Crippen molar-refractivity contribution >= 4 is 29.1 Å². The van der Waals surface area contributed by atoms with E-state index < -0.39 is 5.60 Å². The summed E-state index contributed by atoms with van der Waals surface area (Å²) in [6.07, 6.45) is 0.414. The van der Waals surface area contributed by atoms with E-state index in [9.17, 15) is 14.4 Å². The molecule has 0 spiro atoms. The highest BCUT2D eigenvalue weighted by atomic mass is 16.6. The van der Waals surface area contributed by atoms with Gasteiger partial charge in [-0.15, -0.1) is 0 Å². The molecule has 5 aromatic rings. The molecule has 1 fully saturated rings. The molecule has 7 heteroatoms. The van der Waals surface area contributed by atoms with Gasteiger partial charge in [0.25, 0.3) is 5.91 Å². The SMILES string of the molecule is C[C@H](c1cccc2ccccc12)N(C[C@H]1CN(C(=O)c2ccc(Oc3ccc(C=O)cc3)cc2)C[C@@H]1c1ccccc1)C(=O)OC(C)(C)C. The van der Waals surface area contributed by atoms with E-state index >= 15 is 0 Å². The molecule has 1 saturated heterocycles. The average molecular weight is 655 g/mol. The minimum atomic E-state index is -0.668. The van der Waals surface area contributed by atoms with Crippen LogP contribution in [0, 0.1) is 5.92 Å². The van der Waals surface area contributed by atoms with Gasteiger partial charge < -0.3 is 19.3 Å².